The van der Waals surface area contributed by atoms with E-state index in [1.807, 2.05) is 11.0 Å². The molecule has 0 bridgehead atoms. The Kier molecular flexibility index (Phi) is 5.45. The number of piperidine rings is 2. The lowest BCUT2D eigenvalue weighted by atomic mass is 9.70. The topological polar surface area (TPSA) is 66.7 Å². The van der Waals surface area contributed by atoms with Crippen LogP contribution in [0.2, 0.25) is 0 Å². The summed E-state index contributed by atoms with van der Waals surface area (Å²) in [4.78, 5) is 31.7. The van der Waals surface area contributed by atoms with Crippen LogP contribution in [0.4, 0.5) is 0 Å². The number of likely N-dealkylation sites (tertiary alicyclic amines) is 1. The zero-order valence-corrected chi connectivity index (χ0v) is 18.6. The van der Waals surface area contributed by atoms with Crippen molar-refractivity contribution in [1.29, 1.82) is 0 Å². The van der Waals surface area contributed by atoms with E-state index < -0.39 is 0 Å². The number of nitrogens with one attached hydrogen (secondary N) is 1. The first kappa shape index (κ1) is 20.7. The van der Waals surface area contributed by atoms with E-state index in [9.17, 15) is 9.59 Å². The van der Waals surface area contributed by atoms with Gasteiger partial charge in [0.2, 0.25) is 11.8 Å². The molecule has 2 aliphatic heterocycles. The van der Waals surface area contributed by atoms with Crippen molar-refractivity contribution in [2.75, 3.05) is 19.6 Å². The second-order valence-corrected chi connectivity index (χ2v) is 9.09. The molecule has 2 aliphatic rings. The summed E-state index contributed by atoms with van der Waals surface area (Å²) in [6, 6.07) is 14.9. The minimum absolute atomic E-state index is 0.0499. The molecule has 0 radical (unpaired) electrons. The number of imidazole rings is 1. The quantitative estimate of drug-likeness (QED) is 0.690. The highest BCUT2D eigenvalue weighted by atomic mass is 16.2. The van der Waals surface area contributed by atoms with Crippen molar-refractivity contribution < 1.29 is 9.59 Å². The number of benzene rings is 1. The summed E-state index contributed by atoms with van der Waals surface area (Å²) >= 11 is 0. The molecule has 0 aliphatic carbocycles. The fraction of sp³-hybridized carbons (Fsp3) is 0.423. The monoisotopic (exact) mass is 430 g/mol. The summed E-state index contributed by atoms with van der Waals surface area (Å²) < 4.78 is 2.11. The molecular formula is C26H30N4O2. The molecule has 1 unspecified atom stereocenters. The number of aromatic nitrogens is 2. The standard InChI is InChI=1S/C26H30N4O2/c1-2-19-10-13-30-18-22(28-23(30)16-19)26(21-6-4-3-5-7-21)11-14-29(15-12-26)25(32)20-8-9-24(31)27-17-20/h3-7,10,13,16,18,20H,2,8-9,11-12,14-15,17H2,1H3,(H,27,31). The number of carbonyl (C=O) groups excluding carboxylic acids is 2. The van der Waals surface area contributed by atoms with Crippen molar-refractivity contribution >= 4 is 17.5 Å². The third kappa shape index (κ3) is 3.68. The summed E-state index contributed by atoms with van der Waals surface area (Å²) in [5, 5.41) is 2.85. The van der Waals surface area contributed by atoms with Gasteiger partial charge in [-0.3, -0.25) is 9.59 Å². The van der Waals surface area contributed by atoms with E-state index in [-0.39, 0.29) is 23.1 Å². The largest absolute Gasteiger partial charge is 0.355 e. The van der Waals surface area contributed by atoms with Crippen molar-refractivity contribution in [3.63, 3.8) is 0 Å². The molecule has 3 aromatic rings. The van der Waals surface area contributed by atoms with Gasteiger partial charge in [-0.25, -0.2) is 4.98 Å². The molecule has 1 N–H and O–H groups in total. The van der Waals surface area contributed by atoms with E-state index in [2.05, 4.69) is 65.4 Å². The molecule has 6 nitrogen and oxygen atoms in total. The molecule has 1 atom stereocenters. The number of amides is 2. The molecule has 32 heavy (non-hydrogen) atoms. The molecule has 1 aromatic carbocycles. The summed E-state index contributed by atoms with van der Waals surface area (Å²) in [5.41, 5.74) is 4.39. The Balaban J connectivity index is 1.43. The average Bonchev–Trinajstić information content (AvgIpc) is 3.28. The van der Waals surface area contributed by atoms with Crippen molar-refractivity contribution in [2.24, 2.45) is 5.92 Å². The number of aryl methyl sites for hydroxylation is 1. The lowest BCUT2D eigenvalue weighted by Gasteiger charge is -2.42. The molecule has 6 heteroatoms. The van der Waals surface area contributed by atoms with Crippen LogP contribution in [0.25, 0.3) is 5.65 Å². The van der Waals surface area contributed by atoms with Gasteiger partial charge in [0.1, 0.15) is 5.65 Å². The van der Waals surface area contributed by atoms with Gasteiger partial charge in [0, 0.05) is 43.9 Å². The molecular weight excluding hydrogens is 400 g/mol. The van der Waals surface area contributed by atoms with Gasteiger partial charge in [0.05, 0.1) is 11.6 Å². The van der Waals surface area contributed by atoms with Crippen LogP contribution in [0.5, 0.6) is 0 Å². The number of pyridine rings is 1. The van der Waals surface area contributed by atoms with Crippen LogP contribution in [0.15, 0.2) is 54.9 Å². The molecule has 166 valence electrons. The third-order valence-corrected chi connectivity index (χ3v) is 7.29. The maximum absolute atomic E-state index is 13.1. The second-order valence-electron chi connectivity index (χ2n) is 9.09. The highest BCUT2D eigenvalue weighted by Crippen LogP contribution is 2.41. The van der Waals surface area contributed by atoms with Crippen LogP contribution in [-0.4, -0.2) is 45.7 Å². The van der Waals surface area contributed by atoms with Crippen LogP contribution in [0.1, 0.15) is 49.4 Å². The van der Waals surface area contributed by atoms with Gasteiger partial charge < -0.3 is 14.6 Å². The zero-order chi connectivity index (χ0) is 22.1. The van der Waals surface area contributed by atoms with Crippen LogP contribution in [0.3, 0.4) is 0 Å². The van der Waals surface area contributed by atoms with Crippen LogP contribution in [-0.2, 0) is 21.4 Å². The molecule has 2 fully saturated rings. The van der Waals surface area contributed by atoms with E-state index in [0.29, 0.717) is 32.5 Å². The van der Waals surface area contributed by atoms with Crippen molar-refractivity contribution in [3.8, 4) is 0 Å². The SMILES string of the molecule is CCc1ccn2cc(C3(c4ccccc4)CCN(C(=O)C4CCC(=O)NC4)CC3)nc2c1. The van der Waals surface area contributed by atoms with Gasteiger partial charge in [-0.15, -0.1) is 0 Å². The van der Waals surface area contributed by atoms with Gasteiger partial charge in [0.15, 0.2) is 0 Å². The molecule has 2 amide bonds. The summed E-state index contributed by atoms with van der Waals surface area (Å²) in [5.74, 6) is 0.128. The Hall–Kier alpha value is -3.15. The second kappa shape index (κ2) is 8.41. The third-order valence-electron chi connectivity index (χ3n) is 7.29. The minimum atomic E-state index is -0.211. The van der Waals surface area contributed by atoms with Crippen molar-refractivity contribution in [2.45, 2.75) is 44.4 Å². The summed E-state index contributed by atoms with van der Waals surface area (Å²) in [7, 11) is 0. The molecule has 2 aromatic heterocycles. The van der Waals surface area contributed by atoms with Gasteiger partial charge in [-0.2, -0.15) is 0 Å². The minimum Gasteiger partial charge on any atom is -0.355 e. The Morgan fingerprint density at radius 2 is 1.97 bits per heavy atom. The maximum atomic E-state index is 13.1. The van der Waals surface area contributed by atoms with Crippen molar-refractivity contribution in [1.82, 2.24) is 19.6 Å². The Bertz CT molecular complexity index is 1120. The fourth-order valence-electron chi connectivity index (χ4n) is 5.24. The number of rotatable bonds is 4. The van der Waals surface area contributed by atoms with Crippen LogP contribution in [0, 0.1) is 5.92 Å². The molecule has 2 saturated heterocycles. The molecule has 5 rings (SSSR count). The Morgan fingerprint density at radius 1 is 1.19 bits per heavy atom. The average molecular weight is 431 g/mol. The predicted molar refractivity (Wildman–Crippen MR) is 123 cm³/mol. The first-order chi connectivity index (χ1) is 15.6. The number of carbonyl (C=O) groups is 2. The van der Waals surface area contributed by atoms with Gasteiger partial charge in [0.25, 0.3) is 0 Å². The van der Waals surface area contributed by atoms with E-state index >= 15 is 0 Å². The van der Waals surface area contributed by atoms with Gasteiger partial charge >= 0.3 is 0 Å². The van der Waals surface area contributed by atoms with Crippen LogP contribution >= 0.6 is 0 Å². The van der Waals surface area contributed by atoms with E-state index in [1.165, 1.54) is 11.1 Å². The first-order valence-electron chi connectivity index (χ1n) is 11.7. The van der Waals surface area contributed by atoms with E-state index in [4.69, 9.17) is 4.98 Å². The highest BCUT2D eigenvalue weighted by Gasteiger charge is 2.42. The number of fused-ring (bicyclic) bond motifs is 1. The lowest BCUT2D eigenvalue weighted by molar-refractivity contribution is -0.138. The Labute approximate surface area is 188 Å². The van der Waals surface area contributed by atoms with Crippen molar-refractivity contribution in [3.05, 3.63) is 71.7 Å². The Morgan fingerprint density at radius 3 is 2.66 bits per heavy atom. The predicted octanol–water partition coefficient (Wildman–Crippen LogP) is 3.33. The maximum Gasteiger partial charge on any atom is 0.227 e. The van der Waals surface area contributed by atoms with E-state index in [0.717, 1.165) is 30.6 Å². The zero-order valence-electron chi connectivity index (χ0n) is 18.6. The molecule has 4 heterocycles. The first-order valence-corrected chi connectivity index (χ1v) is 11.7. The van der Waals surface area contributed by atoms with E-state index in [1.54, 1.807) is 0 Å². The summed E-state index contributed by atoms with van der Waals surface area (Å²) in [6.45, 7) is 4.02. The normalized spacial score (nSPS) is 20.8. The molecule has 0 spiro atoms. The molecule has 0 saturated carbocycles. The number of hydrogen-bond donors (Lipinski definition) is 1. The van der Waals surface area contributed by atoms with Gasteiger partial charge in [-0.05, 0) is 48.9 Å². The number of nitrogens with zero attached hydrogens (tertiary/aromatic N) is 3. The summed E-state index contributed by atoms with van der Waals surface area (Å²) in [6.07, 6.45) is 8.02. The fourth-order valence-corrected chi connectivity index (χ4v) is 5.24. The smallest absolute Gasteiger partial charge is 0.227 e. The van der Waals surface area contributed by atoms with Crippen LogP contribution < -0.4 is 5.32 Å². The highest BCUT2D eigenvalue weighted by molar-refractivity contribution is 5.83. The van der Waals surface area contributed by atoms with Gasteiger partial charge in [-0.1, -0.05) is 37.3 Å². The number of hydrogen-bond acceptors (Lipinski definition) is 3. The lowest BCUT2D eigenvalue weighted by Crippen LogP contribution is -2.50.